The Morgan fingerprint density at radius 1 is 1.31 bits per heavy atom. The van der Waals surface area contributed by atoms with Gasteiger partial charge in [0, 0.05) is 19.3 Å². The van der Waals surface area contributed by atoms with E-state index in [-0.39, 0.29) is 23.5 Å². The van der Waals surface area contributed by atoms with Crippen molar-refractivity contribution >= 4 is 23.6 Å². The zero-order chi connectivity index (χ0) is 11.8. The molecule has 1 heterocycles. The molecule has 0 spiro atoms. The third kappa shape index (κ3) is 5.97. The molecule has 0 aromatic rings. The number of thioether (sulfide) groups is 1. The van der Waals surface area contributed by atoms with Crippen LogP contribution in [0.1, 0.15) is 19.3 Å². The van der Waals surface area contributed by atoms with E-state index in [1.54, 1.807) is 0 Å². The first-order valence-electron chi connectivity index (χ1n) is 5.35. The summed E-state index contributed by atoms with van der Waals surface area (Å²) in [5.74, 6) is -0.788. The smallest absolute Gasteiger partial charge is 0.313 e. The summed E-state index contributed by atoms with van der Waals surface area (Å²) in [5, 5.41) is 11.3. The number of hydrogen-bond acceptors (Lipinski definition) is 4. The van der Waals surface area contributed by atoms with Gasteiger partial charge in [0.2, 0.25) is 5.91 Å². The highest BCUT2D eigenvalue weighted by molar-refractivity contribution is 8.00. The van der Waals surface area contributed by atoms with E-state index < -0.39 is 5.97 Å². The molecule has 2 N–H and O–H groups in total. The predicted octanol–water partition coefficient (Wildman–Crippen LogP) is 0.489. The van der Waals surface area contributed by atoms with Crippen molar-refractivity contribution < 1.29 is 19.4 Å². The zero-order valence-corrected chi connectivity index (χ0v) is 9.92. The van der Waals surface area contributed by atoms with Crippen molar-refractivity contribution in [3.05, 3.63) is 0 Å². The highest BCUT2D eigenvalue weighted by Crippen LogP contribution is 2.08. The van der Waals surface area contributed by atoms with Crippen LogP contribution in [0.15, 0.2) is 0 Å². The molecule has 1 saturated heterocycles. The van der Waals surface area contributed by atoms with Crippen LogP contribution >= 0.6 is 11.8 Å². The number of hydrogen-bond donors (Lipinski definition) is 2. The maximum atomic E-state index is 11.4. The zero-order valence-electron chi connectivity index (χ0n) is 9.11. The number of carboxylic acid groups (broad SMARTS) is 1. The van der Waals surface area contributed by atoms with Crippen LogP contribution in [0.2, 0.25) is 0 Å². The van der Waals surface area contributed by atoms with E-state index in [0.717, 1.165) is 37.6 Å². The van der Waals surface area contributed by atoms with Gasteiger partial charge < -0.3 is 15.2 Å². The summed E-state index contributed by atoms with van der Waals surface area (Å²) in [6.07, 6.45) is 2.75. The second-order valence-electron chi connectivity index (χ2n) is 3.69. The lowest BCUT2D eigenvalue weighted by atomic mass is 10.1. The number of aliphatic carboxylic acids is 1. The van der Waals surface area contributed by atoms with Gasteiger partial charge in [0.25, 0.3) is 0 Å². The summed E-state index contributed by atoms with van der Waals surface area (Å²) < 4.78 is 5.28. The molecule has 1 rings (SSSR count). The Balaban J connectivity index is 2.14. The molecule has 1 aliphatic heterocycles. The Bertz CT molecular complexity index is 239. The number of nitrogens with one attached hydrogen (secondary N) is 1. The minimum atomic E-state index is -0.888. The quantitative estimate of drug-likeness (QED) is 0.739. The molecule has 1 unspecified atom stereocenters. The maximum Gasteiger partial charge on any atom is 0.313 e. The van der Waals surface area contributed by atoms with Gasteiger partial charge in [-0.2, -0.15) is 0 Å². The minimum Gasteiger partial charge on any atom is -0.481 e. The van der Waals surface area contributed by atoms with E-state index in [9.17, 15) is 9.59 Å². The number of amides is 1. The summed E-state index contributed by atoms with van der Waals surface area (Å²) >= 11 is 1.12. The second kappa shape index (κ2) is 7.51. The molecule has 0 radical (unpaired) electrons. The van der Waals surface area contributed by atoms with Crippen molar-refractivity contribution in [2.45, 2.75) is 25.3 Å². The van der Waals surface area contributed by atoms with E-state index in [4.69, 9.17) is 9.84 Å². The Hall–Kier alpha value is -0.750. The van der Waals surface area contributed by atoms with Crippen LogP contribution in [0.5, 0.6) is 0 Å². The number of carbonyl (C=O) groups is 2. The first-order chi connectivity index (χ1) is 7.68. The van der Waals surface area contributed by atoms with E-state index in [2.05, 4.69) is 5.32 Å². The number of carboxylic acids is 1. The summed E-state index contributed by atoms with van der Waals surface area (Å²) in [4.78, 5) is 21.7. The monoisotopic (exact) mass is 247 g/mol. The molecule has 1 fully saturated rings. The molecule has 16 heavy (non-hydrogen) atoms. The molecule has 92 valence electrons. The van der Waals surface area contributed by atoms with Crippen molar-refractivity contribution in [3.63, 3.8) is 0 Å². The van der Waals surface area contributed by atoms with Crippen molar-refractivity contribution in [3.8, 4) is 0 Å². The molecule has 0 aliphatic carbocycles. The van der Waals surface area contributed by atoms with E-state index in [1.165, 1.54) is 0 Å². The fourth-order valence-corrected chi connectivity index (χ4v) is 2.09. The van der Waals surface area contributed by atoms with Crippen LogP contribution < -0.4 is 5.32 Å². The third-order valence-corrected chi connectivity index (χ3v) is 3.19. The van der Waals surface area contributed by atoms with Gasteiger partial charge >= 0.3 is 5.97 Å². The van der Waals surface area contributed by atoms with Crippen LogP contribution in [0.25, 0.3) is 0 Å². The lowest BCUT2D eigenvalue weighted by molar-refractivity contribution is -0.133. The van der Waals surface area contributed by atoms with Crippen molar-refractivity contribution in [1.82, 2.24) is 5.32 Å². The van der Waals surface area contributed by atoms with E-state index in [1.807, 2.05) is 0 Å². The van der Waals surface area contributed by atoms with Crippen LogP contribution in [0, 0.1) is 0 Å². The molecule has 5 nitrogen and oxygen atoms in total. The van der Waals surface area contributed by atoms with Crippen molar-refractivity contribution in [2.24, 2.45) is 0 Å². The Morgan fingerprint density at radius 2 is 2.12 bits per heavy atom. The van der Waals surface area contributed by atoms with Crippen molar-refractivity contribution in [1.29, 1.82) is 0 Å². The predicted molar refractivity (Wildman–Crippen MR) is 61.6 cm³/mol. The normalized spacial score (nSPS) is 21.1. The van der Waals surface area contributed by atoms with Gasteiger partial charge in [-0.25, -0.2) is 0 Å². The topological polar surface area (TPSA) is 75.6 Å². The summed E-state index contributed by atoms with van der Waals surface area (Å²) in [5.41, 5.74) is 0. The van der Waals surface area contributed by atoms with E-state index in [0.29, 0.717) is 6.61 Å². The van der Waals surface area contributed by atoms with Crippen LogP contribution in [0.4, 0.5) is 0 Å². The average molecular weight is 247 g/mol. The van der Waals surface area contributed by atoms with Gasteiger partial charge in [-0.3, -0.25) is 9.59 Å². The lowest BCUT2D eigenvalue weighted by Crippen LogP contribution is -2.36. The fourth-order valence-electron chi connectivity index (χ4n) is 1.55. The Morgan fingerprint density at radius 3 is 2.88 bits per heavy atom. The van der Waals surface area contributed by atoms with Gasteiger partial charge in [-0.1, -0.05) is 0 Å². The summed E-state index contributed by atoms with van der Waals surface area (Å²) in [6.45, 7) is 1.45. The molecule has 6 heteroatoms. The highest BCUT2D eigenvalue weighted by Gasteiger charge is 2.14. The van der Waals surface area contributed by atoms with Crippen LogP contribution in [-0.4, -0.2) is 47.7 Å². The molecule has 1 aliphatic rings. The standard InChI is InChI=1S/C10H17NO4S/c12-9(6-16-7-10(13)14)11-8-2-1-4-15-5-3-8/h8H,1-7H2,(H,11,12)(H,13,14). The average Bonchev–Trinajstić information content (AvgIpc) is 2.45. The maximum absolute atomic E-state index is 11.4. The fraction of sp³-hybridized carbons (Fsp3) is 0.800. The van der Waals surface area contributed by atoms with Crippen molar-refractivity contribution in [2.75, 3.05) is 24.7 Å². The number of rotatable bonds is 5. The van der Waals surface area contributed by atoms with Gasteiger partial charge in [-0.15, -0.1) is 11.8 Å². The summed E-state index contributed by atoms with van der Waals surface area (Å²) in [7, 11) is 0. The molecular weight excluding hydrogens is 230 g/mol. The number of ether oxygens (including phenoxy) is 1. The molecular formula is C10H17NO4S. The molecule has 0 saturated carbocycles. The molecule has 1 atom stereocenters. The van der Waals surface area contributed by atoms with Gasteiger partial charge in [0.05, 0.1) is 11.5 Å². The second-order valence-corrected chi connectivity index (χ2v) is 4.68. The van der Waals surface area contributed by atoms with Crippen LogP contribution in [-0.2, 0) is 14.3 Å². The molecule has 0 aromatic carbocycles. The minimum absolute atomic E-state index is 0.0266. The first kappa shape index (κ1) is 13.3. The first-order valence-corrected chi connectivity index (χ1v) is 6.50. The summed E-state index contributed by atoms with van der Waals surface area (Å²) in [6, 6.07) is 0.181. The molecule has 1 amide bonds. The van der Waals surface area contributed by atoms with Crippen LogP contribution in [0.3, 0.4) is 0 Å². The third-order valence-electron chi connectivity index (χ3n) is 2.28. The van der Waals surface area contributed by atoms with Gasteiger partial charge in [-0.05, 0) is 19.3 Å². The number of carbonyl (C=O) groups excluding carboxylic acids is 1. The van der Waals surface area contributed by atoms with E-state index >= 15 is 0 Å². The Labute approximate surface area is 98.9 Å². The lowest BCUT2D eigenvalue weighted by Gasteiger charge is -2.15. The molecule has 0 bridgehead atoms. The largest absolute Gasteiger partial charge is 0.481 e. The van der Waals surface area contributed by atoms with Gasteiger partial charge in [0.1, 0.15) is 0 Å². The SMILES string of the molecule is O=C(O)CSCC(=O)NC1CCCOCC1. The Kier molecular flexibility index (Phi) is 6.25. The molecule has 0 aromatic heterocycles. The van der Waals surface area contributed by atoms with Gasteiger partial charge in [0.15, 0.2) is 0 Å². The highest BCUT2D eigenvalue weighted by atomic mass is 32.2.